The van der Waals surface area contributed by atoms with Gasteiger partial charge in [-0.15, -0.1) is 0 Å². The van der Waals surface area contributed by atoms with Crippen LogP contribution < -0.4 is 19.7 Å². The maximum atomic E-state index is 12.5. The summed E-state index contributed by atoms with van der Waals surface area (Å²) < 4.78 is 10.4. The molecule has 1 fully saturated rings. The fraction of sp³-hybridized carbons (Fsp3) is 0.316. The quantitative estimate of drug-likeness (QED) is 0.874. The lowest BCUT2D eigenvalue weighted by atomic mass is 10.1. The van der Waals surface area contributed by atoms with Gasteiger partial charge < -0.3 is 24.8 Å². The molecule has 2 aromatic carbocycles. The number of methoxy groups -OCH3 is 2. The van der Waals surface area contributed by atoms with Gasteiger partial charge in [-0.2, -0.15) is 0 Å². The SMILES string of the molecule is COc1ccc(C(=O)Nc2cccc(N3CCC(O)C3)c2)cc1OC. The van der Waals surface area contributed by atoms with Crippen LogP contribution in [0, 0.1) is 0 Å². The summed E-state index contributed by atoms with van der Waals surface area (Å²) >= 11 is 0. The molecule has 2 aromatic rings. The van der Waals surface area contributed by atoms with Gasteiger partial charge in [-0.3, -0.25) is 4.79 Å². The molecule has 3 rings (SSSR count). The highest BCUT2D eigenvalue weighted by Gasteiger charge is 2.20. The molecule has 25 heavy (non-hydrogen) atoms. The average molecular weight is 342 g/mol. The van der Waals surface area contributed by atoms with Crippen molar-refractivity contribution >= 4 is 17.3 Å². The van der Waals surface area contributed by atoms with Crippen molar-refractivity contribution in [3.63, 3.8) is 0 Å². The van der Waals surface area contributed by atoms with Crippen LogP contribution in [-0.2, 0) is 0 Å². The Morgan fingerprint density at radius 2 is 1.96 bits per heavy atom. The van der Waals surface area contributed by atoms with E-state index in [9.17, 15) is 9.90 Å². The lowest BCUT2D eigenvalue weighted by Gasteiger charge is -2.18. The van der Waals surface area contributed by atoms with E-state index < -0.39 is 0 Å². The monoisotopic (exact) mass is 342 g/mol. The molecule has 1 atom stereocenters. The van der Waals surface area contributed by atoms with Gasteiger partial charge in [0.15, 0.2) is 11.5 Å². The first-order chi connectivity index (χ1) is 12.1. The number of ether oxygens (including phenoxy) is 2. The molecule has 1 saturated heterocycles. The van der Waals surface area contributed by atoms with Crippen LogP contribution in [0.1, 0.15) is 16.8 Å². The van der Waals surface area contributed by atoms with Crippen molar-refractivity contribution in [3.8, 4) is 11.5 Å². The van der Waals surface area contributed by atoms with E-state index >= 15 is 0 Å². The number of nitrogens with one attached hydrogen (secondary N) is 1. The van der Waals surface area contributed by atoms with E-state index in [4.69, 9.17) is 9.47 Å². The molecule has 0 spiro atoms. The Labute approximate surface area is 147 Å². The molecule has 132 valence electrons. The molecule has 2 N–H and O–H groups in total. The Kier molecular flexibility index (Phi) is 5.09. The van der Waals surface area contributed by atoms with Gasteiger partial charge in [0.25, 0.3) is 5.91 Å². The number of anilines is 2. The van der Waals surface area contributed by atoms with E-state index in [0.717, 1.165) is 18.7 Å². The summed E-state index contributed by atoms with van der Waals surface area (Å²) in [6.07, 6.45) is 0.479. The molecule has 1 heterocycles. The number of carbonyl (C=O) groups excluding carboxylic acids is 1. The summed E-state index contributed by atoms with van der Waals surface area (Å²) in [4.78, 5) is 14.6. The maximum absolute atomic E-state index is 12.5. The minimum absolute atomic E-state index is 0.223. The zero-order valence-electron chi connectivity index (χ0n) is 14.4. The third-order valence-corrected chi connectivity index (χ3v) is 4.28. The predicted molar refractivity (Wildman–Crippen MR) is 96.8 cm³/mol. The van der Waals surface area contributed by atoms with Gasteiger partial charge in [0.1, 0.15) is 0 Å². The summed E-state index contributed by atoms with van der Waals surface area (Å²) in [5.41, 5.74) is 2.18. The summed E-state index contributed by atoms with van der Waals surface area (Å²) in [5, 5.41) is 12.6. The van der Waals surface area contributed by atoms with Crippen molar-refractivity contribution in [2.24, 2.45) is 0 Å². The first-order valence-corrected chi connectivity index (χ1v) is 8.17. The summed E-state index contributed by atoms with van der Waals surface area (Å²) in [6.45, 7) is 1.43. The largest absolute Gasteiger partial charge is 0.493 e. The topological polar surface area (TPSA) is 71.0 Å². The van der Waals surface area contributed by atoms with Gasteiger partial charge >= 0.3 is 0 Å². The molecule has 1 unspecified atom stereocenters. The van der Waals surface area contributed by atoms with Gasteiger partial charge in [0, 0.05) is 30.0 Å². The second-order valence-corrected chi connectivity index (χ2v) is 5.96. The normalized spacial score (nSPS) is 16.6. The number of rotatable bonds is 5. The fourth-order valence-corrected chi connectivity index (χ4v) is 2.94. The van der Waals surface area contributed by atoms with Gasteiger partial charge in [0.05, 0.1) is 20.3 Å². The van der Waals surface area contributed by atoms with Crippen LogP contribution in [-0.4, -0.2) is 44.4 Å². The van der Waals surface area contributed by atoms with Crippen LogP contribution in [0.4, 0.5) is 11.4 Å². The number of hydrogen-bond donors (Lipinski definition) is 2. The Balaban J connectivity index is 1.75. The third-order valence-electron chi connectivity index (χ3n) is 4.28. The maximum Gasteiger partial charge on any atom is 0.255 e. The lowest BCUT2D eigenvalue weighted by molar-refractivity contribution is 0.102. The van der Waals surface area contributed by atoms with Crippen molar-refractivity contribution < 1.29 is 19.4 Å². The fourth-order valence-electron chi connectivity index (χ4n) is 2.94. The molecule has 0 bridgehead atoms. The molecule has 0 aromatic heterocycles. The molecule has 1 aliphatic rings. The van der Waals surface area contributed by atoms with E-state index in [2.05, 4.69) is 10.2 Å². The highest BCUT2D eigenvalue weighted by Crippen LogP contribution is 2.28. The molecule has 0 radical (unpaired) electrons. The molecule has 6 nitrogen and oxygen atoms in total. The average Bonchev–Trinajstić information content (AvgIpc) is 3.07. The lowest BCUT2D eigenvalue weighted by Crippen LogP contribution is -2.21. The van der Waals surface area contributed by atoms with Crippen molar-refractivity contribution in [1.29, 1.82) is 0 Å². The molecular weight excluding hydrogens is 320 g/mol. The molecule has 0 aliphatic carbocycles. The van der Waals surface area contributed by atoms with E-state index in [1.807, 2.05) is 24.3 Å². The summed E-state index contributed by atoms with van der Waals surface area (Å²) in [7, 11) is 3.09. The number of β-amino-alcohol motifs (C(OH)–C–C–N with tert-alkyl or cyclic N) is 1. The van der Waals surface area contributed by atoms with Crippen LogP contribution >= 0.6 is 0 Å². The number of hydrogen-bond acceptors (Lipinski definition) is 5. The second kappa shape index (κ2) is 7.44. The standard InChI is InChI=1S/C19H22N2O4/c1-24-17-7-6-13(10-18(17)25-2)19(23)20-14-4-3-5-15(11-14)21-9-8-16(22)12-21/h3-7,10-11,16,22H,8-9,12H2,1-2H3,(H,20,23). The minimum atomic E-state index is -0.287. The van der Waals surface area contributed by atoms with E-state index in [0.29, 0.717) is 29.3 Å². The summed E-state index contributed by atoms with van der Waals surface area (Å²) in [5.74, 6) is 0.864. The Morgan fingerprint density at radius 3 is 2.64 bits per heavy atom. The van der Waals surface area contributed by atoms with Crippen LogP contribution in [0.15, 0.2) is 42.5 Å². The van der Waals surface area contributed by atoms with Gasteiger partial charge in [0.2, 0.25) is 0 Å². The van der Waals surface area contributed by atoms with E-state index in [1.54, 1.807) is 25.3 Å². The number of carbonyl (C=O) groups is 1. The van der Waals surface area contributed by atoms with Crippen LogP contribution in [0.3, 0.4) is 0 Å². The highest BCUT2D eigenvalue weighted by molar-refractivity contribution is 6.04. The Hall–Kier alpha value is -2.73. The number of aliphatic hydroxyl groups is 1. The molecule has 6 heteroatoms. The van der Waals surface area contributed by atoms with E-state index in [1.165, 1.54) is 7.11 Å². The smallest absolute Gasteiger partial charge is 0.255 e. The van der Waals surface area contributed by atoms with Crippen LogP contribution in [0.25, 0.3) is 0 Å². The zero-order chi connectivity index (χ0) is 17.8. The second-order valence-electron chi connectivity index (χ2n) is 5.96. The number of nitrogens with zero attached hydrogens (tertiary/aromatic N) is 1. The highest BCUT2D eigenvalue weighted by atomic mass is 16.5. The van der Waals surface area contributed by atoms with Crippen molar-refractivity contribution in [3.05, 3.63) is 48.0 Å². The zero-order valence-corrected chi connectivity index (χ0v) is 14.4. The number of benzene rings is 2. The van der Waals surface area contributed by atoms with Crippen molar-refractivity contribution in [1.82, 2.24) is 0 Å². The molecule has 1 amide bonds. The predicted octanol–water partition coefficient (Wildman–Crippen LogP) is 2.53. The Morgan fingerprint density at radius 1 is 1.16 bits per heavy atom. The van der Waals surface area contributed by atoms with Crippen LogP contribution in [0.2, 0.25) is 0 Å². The summed E-state index contributed by atoms with van der Waals surface area (Å²) in [6, 6.07) is 12.7. The van der Waals surface area contributed by atoms with Gasteiger partial charge in [-0.1, -0.05) is 6.07 Å². The van der Waals surface area contributed by atoms with Gasteiger partial charge in [-0.25, -0.2) is 0 Å². The van der Waals surface area contributed by atoms with Gasteiger partial charge in [-0.05, 0) is 42.8 Å². The van der Waals surface area contributed by atoms with Crippen LogP contribution in [0.5, 0.6) is 11.5 Å². The first-order valence-electron chi connectivity index (χ1n) is 8.17. The van der Waals surface area contributed by atoms with Crippen molar-refractivity contribution in [2.45, 2.75) is 12.5 Å². The van der Waals surface area contributed by atoms with Crippen molar-refractivity contribution in [2.75, 3.05) is 37.5 Å². The molecule has 0 saturated carbocycles. The third kappa shape index (κ3) is 3.85. The Bertz CT molecular complexity index is 763. The van der Waals surface area contributed by atoms with E-state index in [-0.39, 0.29) is 12.0 Å². The molecular formula is C19H22N2O4. The number of amides is 1. The first kappa shape index (κ1) is 17.1. The number of aliphatic hydroxyl groups excluding tert-OH is 1. The molecule has 1 aliphatic heterocycles. The minimum Gasteiger partial charge on any atom is -0.493 e.